The summed E-state index contributed by atoms with van der Waals surface area (Å²) in [5.74, 6) is -0.119. The first-order valence-corrected chi connectivity index (χ1v) is 12.3. The molecule has 6 nitrogen and oxygen atoms in total. The summed E-state index contributed by atoms with van der Waals surface area (Å²) in [4.78, 5) is 27.0. The summed E-state index contributed by atoms with van der Waals surface area (Å²) in [6.45, 7) is 6.00. The molecule has 3 aliphatic rings. The van der Waals surface area contributed by atoms with Crippen molar-refractivity contribution in [3.8, 4) is 11.5 Å². The zero-order valence-corrected chi connectivity index (χ0v) is 21.5. The van der Waals surface area contributed by atoms with Gasteiger partial charge in [0.15, 0.2) is 11.5 Å². The highest BCUT2D eigenvalue weighted by Crippen LogP contribution is 2.50. The van der Waals surface area contributed by atoms with Crippen molar-refractivity contribution in [3.63, 3.8) is 0 Å². The SMILES string of the molecule is COc1cc(Br)c(C2C(C(=O)OC3CCCC3)=C(C)NC3=CC(C)(C)CC(=O)C32)cc1OC. The highest BCUT2D eigenvalue weighted by molar-refractivity contribution is 9.10. The molecule has 7 heteroatoms. The number of Topliss-reactive ketones (excluding diaryl/α,β-unsaturated/α-hetero) is 1. The monoisotopic (exact) mass is 517 g/mol. The summed E-state index contributed by atoms with van der Waals surface area (Å²) in [6, 6.07) is 3.69. The van der Waals surface area contributed by atoms with Crippen LogP contribution in [-0.2, 0) is 14.3 Å². The normalized spacial score (nSPS) is 24.7. The summed E-state index contributed by atoms with van der Waals surface area (Å²) >= 11 is 3.67. The van der Waals surface area contributed by atoms with Gasteiger partial charge in [-0.1, -0.05) is 35.9 Å². The molecular weight excluding hydrogens is 486 g/mol. The van der Waals surface area contributed by atoms with Crippen LogP contribution in [0.2, 0.25) is 0 Å². The lowest BCUT2D eigenvalue weighted by molar-refractivity contribution is -0.144. The second-order valence-corrected chi connectivity index (χ2v) is 10.7. The Hall–Kier alpha value is -2.28. The molecule has 0 bridgehead atoms. The lowest BCUT2D eigenvalue weighted by atomic mass is 9.66. The largest absolute Gasteiger partial charge is 0.493 e. The van der Waals surface area contributed by atoms with Crippen molar-refractivity contribution in [1.29, 1.82) is 0 Å². The molecular formula is C26H32BrNO5. The number of allylic oxidation sites excluding steroid dienone is 3. The molecule has 1 N–H and O–H groups in total. The number of fused-ring (bicyclic) bond motifs is 1. The van der Waals surface area contributed by atoms with E-state index in [2.05, 4.69) is 41.2 Å². The van der Waals surface area contributed by atoms with Gasteiger partial charge in [0.1, 0.15) is 11.9 Å². The Morgan fingerprint density at radius 2 is 1.73 bits per heavy atom. The topological polar surface area (TPSA) is 73.9 Å². The van der Waals surface area contributed by atoms with Gasteiger partial charge in [0.25, 0.3) is 0 Å². The predicted octanol–water partition coefficient (Wildman–Crippen LogP) is 5.41. The van der Waals surface area contributed by atoms with Crippen LogP contribution in [0, 0.1) is 11.3 Å². The predicted molar refractivity (Wildman–Crippen MR) is 129 cm³/mol. The fourth-order valence-corrected chi connectivity index (χ4v) is 5.97. The molecule has 1 aromatic rings. The van der Waals surface area contributed by atoms with E-state index >= 15 is 0 Å². The number of nitrogens with one attached hydrogen (secondary N) is 1. The Labute approximate surface area is 203 Å². The van der Waals surface area contributed by atoms with Crippen LogP contribution < -0.4 is 14.8 Å². The molecule has 4 rings (SSSR count). The molecule has 1 aliphatic heterocycles. The molecule has 2 aliphatic carbocycles. The van der Waals surface area contributed by atoms with Gasteiger partial charge in [0.2, 0.25) is 0 Å². The second-order valence-electron chi connectivity index (χ2n) is 9.89. The number of ether oxygens (including phenoxy) is 3. The standard InChI is InChI=1S/C26H32BrNO5/c1-14-22(25(30)33-15-8-6-7-9-15)23(16-10-20(31-4)21(32-5)11-17(16)27)24-18(28-14)12-26(2,3)13-19(24)29/h10-12,15,23-24,28H,6-9,13H2,1-5H3. The van der Waals surface area contributed by atoms with Crippen molar-refractivity contribution in [2.45, 2.75) is 64.9 Å². The maximum atomic E-state index is 13.5. The third-order valence-electron chi connectivity index (χ3n) is 6.87. The van der Waals surface area contributed by atoms with E-state index in [9.17, 15) is 9.59 Å². The van der Waals surface area contributed by atoms with Gasteiger partial charge in [0, 0.05) is 28.2 Å². The maximum absolute atomic E-state index is 13.5. The van der Waals surface area contributed by atoms with Gasteiger partial charge < -0.3 is 19.5 Å². The number of hydrogen-bond acceptors (Lipinski definition) is 6. The third-order valence-corrected chi connectivity index (χ3v) is 7.56. The Balaban J connectivity index is 1.87. The molecule has 1 heterocycles. The third kappa shape index (κ3) is 4.57. The first-order valence-electron chi connectivity index (χ1n) is 11.5. The van der Waals surface area contributed by atoms with Crippen molar-refractivity contribution < 1.29 is 23.8 Å². The van der Waals surface area contributed by atoms with Crippen LogP contribution in [0.1, 0.15) is 64.4 Å². The fraction of sp³-hybridized carbons (Fsp3) is 0.538. The van der Waals surface area contributed by atoms with Crippen molar-refractivity contribution in [2.75, 3.05) is 14.2 Å². The van der Waals surface area contributed by atoms with E-state index in [-0.39, 0.29) is 23.3 Å². The summed E-state index contributed by atoms with van der Waals surface area (Å²) in [6.07, 6.45) is 6.39. The van der Waals surface area contributed by atoms with Gasteiger partial charge in [-0.25, -0.2) is 4.79 Å². The minimum Gasteiger partial charge on any atom is -0.493 e. The molecule has 1 saturated carbocycles. The Kier molecular flexibility index (Phi) is 6.63. The van der Waals surface area contributed by atoms with E-state index in [1.165, 1.54) is 0 Å². The summed E-state index contributed by atoms with van der Waals surface area (Å²) < 4.78 is 17.7. The number of hydrogen-bond donors (Lipinski definition) is 1. The Morgan fingerprint density at radius 3 is 2.36 bits per heavy atom. The Morgan fingerprint density at radius 1 is 1.09 bits per heavy atom. The summed E-state index contributed by atoms with van der Waals surface area (Å²) in [5.41, 5.74) is 2.62. The van der Waals surface area contributed by atoms with Crippen LogP contribution >= 0.6 is 15.9 Å². The van der Waals surface area contributed by atoms with Crippen molar-refractivity contribution in [1.82, 2.24) is 5.32 Å². The minimum absolute atomic E-state index is 0.0646. The van der Waals surface area contributed by atoms with E-state index < -0.39 is 11.8 Å². The lowest BCUT2D eigenvalue weighted by Gasteiger charge is -2.41. The highest BCUT2D eigenvalue weighted by Gasteiger charge is 2.47. The molecule has 0 aromatic heterocycles. The van der Waals surface area contributed by atoms with Crippen LogP contribution in [0.5, 0.6) is 11.5 Å². The zero-order chi connectivity index (χ0) is 23.9. The van der Waals surface area contributed by atoms with Gasteiger partial charge >= 0.3 is 5.97 Å². The molecule has 0 amide bonds. The number of carbonyl (C=O) groups excluding carboxylic acids is 2. The van der Waals surface area contributed by atoms with Crippen LogP contribution in [0.25, 0.3) is 0 Å². The molecule has 0 spiro atoms. The van der Waals surface area contributed by atoms with Crippen molar-refractivity contribution in [3.05, 3.63) is 45.2 Å². The van der Waals surface area contributed by atoms with Gasteiger partial charge in [-0.3, -0.25) is 4.79 Å². The number of rotatable bonds is 5. The lowest BCUT2D eigenvalue weighted by Crippen LogP contribution is -2.44. The number of halogens is 1. The van der Waals surface area contributed by atoms with Crippen LogP contribution in [0.15, 0.2) is 39.6 Å². The molecule has 178 valence electrons. The van der Waals surface area contributed by atoms with Crippen LogP contribution in [-0.4, -0.2) is 32.1 Å². The number of methoxy groups -OCH3 is 2. The van der Waals surface area contributed by atoms with E-state index in [1.54, 1.807) is 14.2 Å². The van der Waals surface area contributed by atoms with Gasteiger partial charge in [-0.15, -0.1) is 0 Å². The number of ketones is 1. The summed E-state index contributed by atoms with van der Waals surface area (Å²) in [7, 11) is 3.16. The van der Waals surface area contributed by atoms with Crippen molar-refractivity contribution in [2.24, 2.45) is 11.3 Å². The summed E-state index contributed by atoms with van der Waals surface area (Å²) in [5, 5.41) is 3.38. The average molecular weight is 518 g/mol. The number of esters is 1. The fourth-order valence-electron chi connectivity index (χ4n) is 5.40. The van der Waals surface area contributed by atoms with E-state index in [1.807, 2.05) is 19.1 Å². The molecule has 1 fully saturated rings. The van der Waals surface area contributed by atoms with E-state index in [0.29, 0.717) is 23.5 Å². The van der Waals surface area contributed by atoms with E-state index in [0.717, 1.165) is 47.1 Å². The van der Waals surface area contributed by atoms with Gasteiger partial charge in [-0.05, 0) is 55.7 Å². The zero-order valence-electron chi connectivity index (χ0n) is 19.9. The molecule has 2 atom stereocenters. The smallest absolute Gasteiger partial charge is 0.336 e. The number of benzene rings is 1. The molecule has 0 radical (unpaired) electrons. The van der Waals surface area contributed by atoms with Gasteiger partial charge in [0.05, 0.1) is 25.7 Å². The highest BCUT2D eigenvalue weighted by atomic mass is 79.9. The first kappa shape index (κ1) is 23.9. The second kappa shape index (κ2) is 9.16. The quantitative estimate of drug-likeness (QED) is 0.526. The number of carbonyl (C=O) groups is 2. The Bertz CT molecular complexity index is 1040. The van der Waals surface area contributed by atoms with Crippen LogP contribution in [0.4, 0.5) is 0 Å². The minimum atomic E-state index is -0.498. The van der Waals surface area contributed by atoms with Crippen LogP contribution in [0.3, 0.4) is 0 Å². The maximum Gasteiger partial charge on any atom is 0.336 e. The first-order chi connectivity index (χ1) is 15.6. The molecule has 33 heavy (non-hydrogen) atoms. The van der Waals surface area contributed by atoms with Gasteiger partial charge in [-0.2, -0.15) is 0 Å². The average Bonchev–Trinajstić information content (AvgIpc) is 3.24. The molecule has 2 unspecified atom stereocenters. The van der Waals surface area contributed by atoms with E-state index in [4.69, 9.17) is 14.2 Å². The molecule has 1 aromatic carbocycles. The molecule has 0 saturated heterocycles. The van der Waals surface area contributed by atoms with Crippen molar-refractivity contribution >= 4 is 27.7 Å².